The van der Waals surface area contributed by atoms with Crippen LogP contribution in [-0.2, 0) is 9.59 Å². The first-order valence-corrected chi connectivity index (χ1v) is 7.41. The fourth-order valence-electron chi connectivity index (χ4n) is 2.07. The average Bonchev–Trinajstić information content (AvgIpc) is 2.44. The summed E-state index contributed by atoms with van der Waals surface area (Å²) in [6, 6.07) is 6.25. The molecule has 1 rings (SSSR count). The molecule has 5 heteroatoms. The molecule has 0 saturated heterocycles. The molecular weight excluding hydrogens is 282 g/mol. The van der Waals surface area contributed by atoms with Crippen molar-refractivity contribution >= 4 is 17.7 Å². The molecule has 0 saturated carbocycles. The number of aryl methyl sites for hydroxylation is 1. The average molecular weight is 305 g/mol. The summed E-state index contributed by atoms with van der Waals surface area (Å²) in [6.07, 6.45) is 0.435. The Morgan fingerprint density at radius 2 is 1.68 bits per heavy atom. The number of nitrogens with one attached hydrogen (secondary N) is 1. The third kappa shape index (κ3) is 6.08. The molecule has 5 nitrogen and oxygen atoms in total. The van der Waals surface area contributed by atoms with E-state index in [1.807, 2.05) is 32.9 Å². The molecule has 0 aromatic heterocycles. The van der Waals surface area contributed by atoms with Crippen molar-refractivity contribution in [2.24, 2.45) is 5.92 Å². The molecule has 1 atom stereocenters. The molecule has 0 radical (unpaired) electrons. The van der Waals surface area contributed by atoms with E-state index >= 15 is 0 Å². The number of benzene rings is 1. The van der Waals surface area contributed by atoms with E-state index in [0.29, 0.717) is 12.0 Å². The van der Waals surface area contributed by atoms with Gasteiger partial charge in [0.05, 0.1) is 0 Å². The van der Waals surface area contributed by atoms with Crippen LogP contribution in [0.2, 0.25) is 0 Å². The number of hydrogen-bond donors (Lipinski definition) is 2. The molecule has 2 N–H and O–H groups in total. The number of carbonyl (C=O) groups excluding carboxylic acids is 2. The van der Waals surface area contributed by atoms with Crippen LogP contribution >= 0.6 is 0 Å². The maximum absolute atomic E-state index is 12.0. The summed E-state index contributed by atoms with van der Waals surface area (Å²) < 4.78 is 0. The second kappa shape index (κ2) is 8.32. The van der Waals surface area contributed by atoms with E-state index in [9.17, 15) is 14.4 Å². The minimum absolute atomic E-state index is 0.00537. The van der Waals surface area contributed by atoms with Crippen LogP contribution in [0.4, 0.5) is 0 Å². The van der Waals surface area contributed by atoms with Crippen molar-refractivity contribution in [1.29, 1.82) is 0 Å². The minimum Gasteiger partial charge on any atom is -0.480 e. The highest BCUT2D eigenvalue weighted by Crippen LogP contribution is 2.09. The molecule has 0 bridgehead atoms. The van der Waals surface area contributed by atoms with Gasteiger partial charge in [0.15, 0.2) is 5.78 Å². The zero-order valence-corrected chi connectivity index (χ0v) is 13.3. The van der Waals surface area contributed by atoms with Crippen molar-refractivity contribution in [3.8, 4) is 0 Å². The molecule has 1 aromatic rings. The van der Waals surface area contributed by atoms with Gasteiger partial charge in [-0.25, -0.2) is 4.79 Å². The van der Waals surface area contributed by atoms with Crippen molar-refractivity contribution in [3.05, 3.63) is 35.4 Å². The van der Waals surface area contributed by atoms with Gasteiger partial charge in [-0.05, 0) is 19.3 Å². The van der Waals surface area contributed by atoms with Crippen LogP contribution in [0, 0.1) is 12.8 Å². The quantitative estimate of drug-likeness (QED) is 0.723. The highest BCUT2D eigenvalue weighted by molar-refractivity contribution is 5.98. The molecule has 0 spiro atoms. The maximum Gasteiger partial charge on any atom is 0.326 e. The fraction of sp³-hybridized carbons (Fsp3) is 0.471. The highest BCUT2D eigenvalue weighted by atomic mass is 16.4. The predicted octanol–water partition coefficient (Wildman–Crippen LogP) is 2.57. The summed E-state index contributed by atoms with van der Waals surface area (Å²) >= 11 is 0. The molecule has 0 aliphatic heterocycles. The Morgan fingerprint density at radius 1 is 1.09 bits per heavy atom. The summed E-state index contributed by atoms with van der Waals surface area (Å²) in [5.74, 6) is -1.41. The Kier molecular flexibility index (Phi) is 6.76. The van der Waals surface area contributed by atoms with Crippen molar-refractivity contribution in [1.82, 2.24) is 5.32 Å². The van der Waals surface area contributed by atoms with Gasteiger partial charge in [-0.1, -0.05) is 43.7 Å². The molecule has 0 aliphatic rings. The van der Waals surface area contributed by atoms with E-state index in [1.54, 1.807) is 12.1 Å². The smallest absolute Gasteiger partial charge is 0.326 e. The molecule has 1 unspecified atom stereocenters. The van der Waals surface area contributed by atoms with E-state index < -0.39 is 17.9 Å². The topological polar surface area (TPSA) is 83.5 Å². The molecule has 0 aliphatic carbocycles. The second-order valence-corrected chi connectivity index (χ2v) is 5.88. The Balaban J connectivity index is 2.49. The molecule has 0 fully saturated rings. The number of amides is 1. The van der Waals surface area contributed by atoms with Gasteiger partial charge in [-0.2, -0.15) is 0 Å². The number of carboxylic acids is 1. The van der Waals surface area contributed by atoms with Gasteiger partial charge >= 0.3 is 5.97 Å². The monoisotopic (exact) mass is 305 g/mol. The molecule has 1 amide bonds. The predicted molar refractivity (Wildman–Crippen MR) is 83.8 cm³/mol. The first-order chi connectivity index (χ1) is 10.3. The lowest BCUT2D eigenvalue weighted by Gasteiger charge is -2.16. The van der Waals surface area contributed by atoms with Crippen molar-refractivity contribution in [2.75, 3.05) is 0 Å². The van der Waals surface area contributed by atoms with Gasteiger partial charge in [-0.15, -0.1) is 0 Å². The lowest BCUT2D eigenvalue weighted by atomic mass is 10.0. The summed E-state index contributed by atoms with van der Waals surface area (Å²) in [5, 5.41) is 11.5. The number of ketones is 1. The van der Waals surface area contributed by atoms with Gasteiger partial charge < -0.3 is 10.4 Å². The summed E-state index contributed by atoms with van der Waals surface area (Å²) in [6.45, 7) is 5.72. The van der Waals surface area contributed by atoms with Crippen LogP contribution in [0.5, 0.6) is 0 Å². The Morgan fingerprint density at radius 3 is 2.18 bits per heavy atom. The van der Waals surface area contributed by atoms with E-state index in [-0.39, 0.29) is 24.5 Å². The number of carboxylic acid groups (broad SMARTS) is 1. The number of aliphatic carboxylic acids is 1. The van der Waals surface area contributed by atoms with Crippen LogP contribution < -0.4 is 5.32 Å². The van der Waals surface area contributed by atoms with E-state index in [0.717, 1.165) is 5.56 Å². The molecule has 0 heterocycles. The molecule has 120 valence electrons. The van der Waals surface area contributed by atoms with Crippen LogP contribution in [0.15, 0.2) is 24.3 Å². The first kappa shape index (κ1) is 17.9. The SMILES string of the molecule is Cc1ccc(C(=O)CCC(=O)NC(CC(C)C)C(=O)O)cc1. The van der Waals surface area contributed by atoms with Gasteiger partial charge in [0.2, 0.25) is 5.91 Å². The lowest BCUT2D eigenvalue weighted by molar-refractivity contribution is -0.142. The van der Waals surface area contributed by atoms with Crippen LogP contribution in [0.25, 0.3) is 0 Å². The Labute approximate surface area is 130 Å². The standard InChI is InChI=1S/C17H23NO4/c1-11(2)10-14(17(21)22)18-16(20)9-8-15(19)13-6-4-12(3)5-7-13/h4-7,11,14H,8-10H2,1-3H3,(H,18,20)(H,21,22). The fourth-order valence-corrected chi connectivity index (χ4v) is 2.07. The summed E-state index contributed by atoms with van der Waals surface area (Å²) in [4.78, 5) is 34.8. The maximum atomic E-state index is 12.0. The second-order valence-electron chi connectivity index (χ2n) is 5.88. The summed E-state index contributed by atoms with van der Waals surface area (Å²) in [7, 11) is 0. The number of Topliss-reactive ketones (excluding diaryl/α,β-unsaturated/α-hetero) is 1. The third-order valence-electron chi connectivity index (χ3n) is 3.29. The van der Waals surface area contributed by atoms with E-state index in [4.69, 9.17) is 5.11 Å². The van der Waals surface area contributed by atoms with Gasteiger partial charge in [0, 0.05) is 18.4 Å². The van der Waals surface area contributed by atoms with Gasteiger partial charge in [0.1, 0.15) is 6.04 Å². The van der Waals surface area contributed by atoms with Crippen molar-refractivity contribution in [3.63, 3.8) is 0 Å². The highest BCUT2D eigenvalue weighted by Gasteiger charge is 2.21. The number of rotatable bonds is 8. The molecule has 1 aromatic carbocycles. The molecule has 22 heavy (non-hydrogen) atoms. The largest absolute Gasteiger partial charge is 0.480 e. The Bertz CT molecular complexity index is 534. The number of hydrogen-bond acceptors (Lipinski definition) is 3. The van der Waals surface area contributed by atoms with Crippen molar-refractivity contribution < 1.29 is 19.5 Å². The van der Waals surface area contributed by atoms with Crippen LogP contribution in [0.3, 0.4) is 0 Å². The van der Waals surface area contributed by atoms with Gasteiger partial charge in [-0.3, -0.25) is 9.59 Å². The zero-order chi connectivity index (χ0) is 16.7. The van der Waals surface area contributed by atoms with E-state index in [1.165, 1.54) is 0 Å². The zero-order valence-electron chi connectivity index (χ0n) is 13.3. The minimum atomic E-state index is -1.05. The lowest BCUT2D eigenvalue weighted by Crippen LogP contribution is -2.41. The van der Waals surface area contributed by atoms with Crippen molar-refractivity contribution in [2.45, 2.75) is 46.1 Å². The summed E-state index contributed by atoms with van der Waals surface area (Å²) in [5.41, 5.74) is 1.63. The Hall–Kier alpha value is -2.17. The normalized spacial score (nSPS) is 12.0. The third-order valence-corrected chi connectivity index (χ3v) is 3.29. The van der Waals surface area contributed by atoms with Gasteiger partial charge in [0.25, 0.3) is 0 Å². The molecular formula is C17H23NO4. The van der Waals surface area contributed by atoms with E-state index in [2.05, 4.69) is 5.32 Å². The van der Waals surface area contributed by atoms with Crippen LogP contribution in [0.1, 0.15) is 49.0 Å². The first-order valence-electron chi connectivity index (χ1n) is 7.41. The number of carbonyl (C=O) groups is 3. The van der Waals surface area contributed by atoms with Crippen LogP contribution in [-0.4, -0.2) is 28.8 Å².